The second-order valence-corrected chi connectivity index (χ2v) is 5.71. The molecule has 0 aliphatic heterocycles. The molecule has 0 saturated heterocycles. The molecule has 0 fully saturated rings. The molecule has 2 aromatic rings. The second-order valence-electron chi connectivity index (χ2n) is 4.09. The summed E-state index contributed by atoms with van der Waals surface area (Å²) in [4.78, 5) is 1.39. The van der Waals surface area contributed by atoms with Gasteiger partial charge in [0.2, 0.25) is 0 Å². The Bertz CT molecular complexity index is 472. The van der Waals surface area contributed by atoms with E-state index in [1.54, 1.807) is 0 Å². The van der Waals surface area contributed by atoms with Crippen molar-refractivity contribution in [2.75, 3.05) is 0 Å². The first kappa shape index (κ1) is 10.6. The third-order valence-corrected chi connectivity index (χ3v) is 3.55. The van der Waals surface area contributed by atoms with Crippen molar-refractivity contribution in [2.45, 2.75) is 30.9 Å². The summed E-state index contributed by atoms with van der Waals surface area (Å²) in [7, 11) is 0. The predicted molar refractivity (Wildman–Crippen MR) is 69.7 cm³/mol. The lowest BCUT2D eigenvalue weighted by Gasteiger charge is -2.10. The van der Waals surface area contributed by atoms with E-state index in [0.29, 0.717) is 5.25 Å². The van der Waals surface area contributed by atoms with Crippen LogP contribution < -0.4 is 0 Å². The summed E-state index contributed by atoms with van der Waals surface area (Å²) in [5.74, 6) is 0. The lowest BCUT2D eigenvalue weighted by Crippen LogP contribution is -1.88. The zero-order chi connectivity index (χ0) is 10.8. The average molecular weight is 216 g/mol. The molecule has 0 heterocycles. The van der Waals surface area contributed by atoms with Crippen molar-refractivity contribution in [3.8, 4) is 0 Å². The van der Waals surface area contributed by atoms with Crippen molar-refractivity contribution in [2.24, 2.45) is 0 Å². The van der Waals surface area contributed by atoms with Gasteiger partial charge in [-0.15, -0.1) is 11.8 Å². The first-order chi connectivity index (χ1) is 7.18. The molecule has 15 heavy (non-hydrogen) atoms. The Kier molecular flexibility index (Phi) is 3.01. The van der Waals surface area contributed by atoms with Gasteiger partial charge in [-0.2, -0.15) is 0 Å². The Morgan fingerprint density at radius 3 is 2.27 bits per heavy atom. The van der Waals surface area contributed by atoms with Crippen LogP contribution in [0.3, 0.4) is 0 Å². The molecule has 0 spiro atoms. The number of hydrogen-bond donors (Lipinski definition) is 0. The van der Waals surface area contributed by atoms with Crippen molar-refractivity contribution >= 4 is 22.5 Å². The first-order valence-corrected chi connectivity index (χ1v) is 6.21. The number of thioether (sulfide) groups is 1. The normalized spacial score (nSPS) is 11.2. The molecular formula is C14H16S. The van der Waals surface area contributed by atoms with E-state index in [9.17, 15) is 0 Å². The summed E-state index contributed by atoms with van der Waals surface area (Å²) in [6, 6.07) is 13.1. The molecule has 2 aromatic carbocycles. The maximum absolute atomic E-state index is 2.24. The van der Waals surface area contributed by atoms with E-state index in [1.807, 2.05) is 11.8 Å². The van der Waals surface area contributed by atoms with Gasteiger partial charge in [-0.05, 0) is 29.3 Å². The maximum atomic E-state index is 2.24. The summed E-state index contributed by atoms with van der Waals surface area (Å²) in [6.07, 6.45) is 0. The highest BCUT2D eigenvalue weighted by Crippen LogP contribution is 2.32. The van der Waals surface area contributed by atoms with Crippen molar-refractivity contribution in [3.63, 3.8) is 0 Å². The van der Waals surface area contributed by atoms with Crippen LogP contribution >= 0.6 is 11.8 Å². The topological polar surface area (TPSA) is 0 Å². The molecule has 1 heteroatoms. The van der Waals surface area contributed by atoms with Gasteiger partial charge in [-0.3, -0.25) is 0 Å². The summed E-state index contributed by atoms with van der Waals surface area (Å²) < 4.78 is 0. The number of aryl methyl sites for hydroxylation is 1. The van der Waals surface area contributed by atoms with E-state index in [-0.39, 0.29) is 0 Å². The third-order valence-electron chi connectivity index (χ3n) is 2.46. The standard InChI is InChI=1S/C14H16S/c1-10(2)15-14-9-8-11(3)12-6-4-5-7-13(12)14/h4-10H,1-3H3. The number of rotatable bonds is 2. The highest BCUT2D eigenvalue weighted by Gasteiger charge is 2.04. The maximum Gasteiger partial charge on any atom is 0.0153 e. The SMILES string of the molecule is Cc1ccc(SC(C)C)c2ccccc12. The highest BCUT2D eigenvalue weighted by atomic mass is 32.2. The fourth-order valence-corrected chi connectivity index (χ4v) is 2.74. The fraction of sp³-hybridized carbons (Fsp3) is 0.286. The predicted octanol–water partition coefficient (Wildman–Crippen LogP) is 4.65. The zero-order valence-corrected chi connectivity index (χ0v) is 10.3. The van der Waals surface area contributed by atoms with Crippen molar-refractivity contribution < 1.29 is 0 Å². The molecule has 0 N–H and O–H groups in total. The van der Waals surface area contributed by atoms with Crippen LogP contribution in [0.4, 0.5) is 0 Å². The highest BCUT2D eigenvalue weighted by molar-refractivity contribution is 8.00. The van der Waals surface area contributed by atoms with Crippen LogP contribution in [0.25, 0.3) is 10.8 Å². The molecule has 0 bridgehead atoms. The molecule has 0 saturated carbocycles. The largest absolute Gasteiger partial charge is 0.123 e. The Morgan fingerprint density at radius 2 is 1.60 bits per heavy atom. The van der Waals surface area contributed by atoms with Gasteiger partial charge in [0.15, 0.2) is 0 Å². The molecule has 78 valence electrons. The molecule has 0 atom stereocenters. The zero-order valence-electron chi connectivity index (χ0n) is 9.45. The van der Waals surface area contributed by atoms with Crippen LogP contribution in [0.15, 0.2) is 41.3 Å². The average Bonchev–Trinajstić information content (AvgIpc) is 2.22. The van der Waals surface area contributed by atoms with Crippen LogP contribution in [-0.4, -0.2) is 5.25 Å². The molecule has 0 aromatic heterocycles. The second kappa shape index (κ2) is 4.28. The van der Waals surface area contributed by atoms with Gasteiger partial charge in [-0.1, -0.05) is 44.2 Å². The van der Waals surface area contributed by atoms with Gasteiger partial charge in [0.05, 0.1) is 0 Å². The van der Waals surface area contributed by atoms with Crippen molar-refractivity contribution in [1.82, 2.24) is 0 Å². The van der Waals surface area contributed by atoms with Gasteiger partial charge in [0, 0.05) is 10.1 Å². The van der Waals surface area contributed by atoms with Crippen LogP contribution in [0, 0.1) is 6.92 Å². The van der Waals surface area contributed by atoms with Crippen LogP contribution in [0.1, 0.15) is 19.4 Å². The molecule has 2 rings (SSSR count). The van der Waals surface area contributed by atoms with E-state index in [1.165, 1.54) is 21.2 Å². The quantitative estimate of drug-likeness (QED) is 0.658. The smallest absolute Gasteiger partial charge is 0.0153 e. The van der Waals surface area contributed by atoms with Crippen molar-refractivity contribution in [1.29, 1.82) is 0 Å². The molecule has 0 aliphatic rings. The number of benzene rings is 2. The minimum absolute atomic E-state index is 0.635. The number of fused-ring (bicyclic) bond motifs is 1. The summed E-state index contributed by atoms with van der Waals surface area (Å²) in [6.45, 7) is 6.64. The fourth-order valence-electron chi connectivity index (χ4n) is 1.78. The molecule has 0 unspecified atom stereocenters. The van der Waals surface area contributed by atoms with E-state index in [2.05, 4.69) is 57.2 Å². The van der Waals surface area contributed by atoms with E-state index in [0.717, 1.165) is 0 Å². The molecule has 0 amide bonds. The Balaban J connectivity index is 2.61. The number of hydrogen-bond acceptors (Lipinski definition) is 1. The van der Waals surface area contributed by atoms with Crippen molar-refractivity contribution in [3.05, 3.63) is 42.0 Å². The minimum atomic E-state index is 0.635. The van der Waals surface area contributed by atoms with E-state index in [4.69, 9.17) is 0 Å². The Hall–Kier alpha value is -0.950. The lowest BCUT2D eigenvalue weighted by molar-refractivity contribution is 1.11. The van der Waals surface area contributed by atoms with Crippen LogP contribution in [0.5, 0.6) is 0 Å². The van der Waals surface area contributed by atoms with Gasteiger partial charge < -0.3 is 0 Å². The summed E-state index contributed by atoms with van der Waals surface area (Å²) >= 11 is 1.94. The lowest BCUT2D eigenvalue weighted by atomic mass is 10.1. The van der Waals surface area contributed by atoms with Crippen LogP contribution in [-0.2, 0) is 0 Å². The van der Waals surface area contributed by atoms with E-state index >= 15 is 0 Å². The van der Waals surface area contributed by atoms with Crippen LogP contribution in [0.2, 0.25) is 0 Å². The monoisotopic (exact) mass is 216 g/mol. The Labute approximate surface area is 95.7 Å². The molecular weight excluding hydrogens is 200 g/mol. The minimum Gasteiger partial charge on any atom is -0.123 e. The molecule has 0 radical (unpaired) electrons. The van der Waals surface area contributed by atoms with E-state index < -0.39 is 0 Å². The molecule has 0 nitrogen and oxygen atoms in total. The third kappa shape index (κ3) is 2.18. The summed E-state index contributed by atoms with van der Waals surface area (Å²) in [5, 5.41) is 3.40. The first-order valence-electron chi connectivity index (χ1n) is 5.33. The van der Waals surface area contributed by atoms with Gasteiger partial charge in [-0.25, -0.2) is 0 Å². The Morgan fingerprint density at radius 1 is 0.933 bits per heavy atom. The summed E-state index contributed by atoms with van der Waals surface area (Å²) in [5.41, 5.74) is 1.36. The van der Waals surface area contributed by atoms with Gasteiger partial charge in [0.25, 0.3) is 0 Å². The van der Waals surface area contributed by atoms with Gasteiger partial charge in [0.1, 0.15) is 0 Å². The van der Waals surface area contributed by atoms with Gasteiger partial charge >= 0.3 is 0 Å². The molecule has 0 aliphatic carbocycles.